The van der Waals surface area contributed by atoms with E-state index in [1.54, 1.807) is 24.3 Å². The topological polar surface area (TPSA) is 106 Å². The third-order valence-corrected chi connectivity index (χ3v) is 6.10. The van der Waals surface area contributed by atoms with Crippen molar-refractivity contribution in [2.45, 2.75) is 0 Å². The molecule has 2 aromatic carbocycles. The van der Waals surface area contributed by atoms with Gasteiger partial charge in [-0.1, -0.05) is 0 Å². The second kappa shape index (κ2) is 8.40. The maximum Gasteiger partial charge on any atom is 0.272 e. The van der Waals surface area contributed by atoms with Gasteiger partial charge in [0.15, 0.2) is 0 Å². The molecule has 0 aliphatic heterocycles. The van der Waals surface area contributed by atoms with Gasteiger partial charge in [0, 0.05) is 0 Å². The summed E-state index contributed by atoms with van der Waals surface area (Å²) in [6, 6.07) is 6.46. The van der Waals surface area contributed by atoms with Gasteiger partial charge in [0.25, 0.3) is 11.1 Å². The molecule has 0 unspecified atom stereocenters. The van der Waals surface area contributed by atoms with E-state index in [0.717, 1.165) is 0 Å². The van der Waals surface area contributed by atoms with Gasteiger partial charge in [-0.05, 0) is 111 Å². The summed E-state index contributed by atoms with van der Waals surface area (Å²) in [5.74, 6) is 0.0754. The molecule has 4 N–H and O–H groups in total. The van der Waals surface area contributed by atoms with Crippen LogP contribution in [0.4, 0.5) is 0 Å². The summed E-state index contributed by atoms with van der Waals surface area (Å²) >= 11 is 12.9. The van der Waals surface area contributed by atoms with Crippen molar-refractivity contribution in [2.75, 3.05) is 0 Å². The Kier molecular flexibility index (Phi) is 6.33. The maximum absolute atomic E-state index is 12.4. The first-order valence-corrected chi connectivity index (χ1v) is 10.7. The summed E-state index contributed by atoms with van der Waals surface area (Å²) in [7, 11) is 0. The molecule has 3 aromatic rings. The molecular weight excluding hydrogens is 628 g/mol. The van der Waals surface area contributed by atoms with Crippen LogP contribution in [0.5, 0.6) is 11.5 Å². The molecule has 0 atom stereocenters. The fourth-order valence-electron chi connectivity index (χ4n) is 2.37. The molecule has 10 heteroatoms. The fraction of sp³-hybridized carbons (Fsp3) is 0. The zero-order chi connectivity index (χ0) is 20.6. The summed E-state index contributed by atoms with van der Waals surface area (Å²) in [6.45, 7) is 0. The Bertz CT molecular complexity index is 1180. The smallest absolute Gasteiger partial charge is 0.272 e. The van der Waals surface area contributed by atoms with E-state index in [1.807, 2.05) is 0 Å². The molecule has 0 saturated heterocycles. The monoisotopic (exact) mass is 634 g/mol. The second-order valence-electron chi connectivity index (χ2n) is 5.69. The van der Waals surface area contributed by atoms with Crippen molar-refractivity contribution in [3.63, 3.8) is 0 Å². The molecule has 0 aliphatic carbocycles. The van der Waals surface area contributed by atoms with Crippen LogP contribution in [0.15, 0.2) is 51.7 Å². The quantitative estimate of drug-likeness (QED) is 0.347. The van der Waals surface area contributed by atoms with Crippen molar-refractivity contribution in [3.05, 3.63) is 84.7 Å². The van der Waals surface area contributed by atoms with Crippen LogP contribution >= 0.6 is 63.7 Å². The zero-order valence-electron chi connectivity index (χ0n) is 13.7. The number of aromatic hydroxyl groups is 2. The molecule has 144 valence electrons. The van der Waals surface area contributed by atoms with Crippen molar-refractivity contribution >= 4 is 75.9 Å². The van der Waals surface area contributed by atoms with Crippen LogP contribution in [0.25, 0.3) is 12.2 Å². The molecule has 0 radical (unpaired) electrons. The lowest BCUT2D eigenvalue weighted by molar-refractivity contribution is 0.468. The number of nitrogens with one attached hydrogen (secondary N) is 2. The summed E-state index contributed by atoms with van der Waals surface area (Å²) in [6.07, 6.45) is 2.99. The number of H-pyrrole nitrogens is 2. The normalized spacial score (nSPS) is 12.6. The van der Waals surface area contributed by atoms with Gasteiger partial charge >= 0.3 is 0 Å². The van der Waals surface area contributed by atoms with Crippen LogP contribution in [0.3, 0.4) is 0 Å². The lowest BCUT2D eigenvalue weighted by Crippen LogP contribution is -2.46. The van der Waals surface area contributed by atoms with E-state index in [4.69, 9.17) is 0 Å². The number of hydrogen-bond donors (Lipinski definition) is 4. The summed E-state index contributed by atoms with van der Waals surface area (Å²) in [5, 5.41) is 19.7. The minimum absolute atomic E-state index is 0.0377. The summed E-state index contributed by atoms with van der Waals surface area (Å²) in [4.78, 5) is 29.9. The molecule has 3 rings (SSSR count). The predicted molar refractivity (Wildman–Crippen MR) is 121 cm³/mol. The third kappa shape index (κ3) is 4.51. The number of phenolic OH excluding ortho intramolecular Hbond substituents is 2. The molecule has 28 heavy (non-hydrogen) atoms. The van der Waals surface area contributed by atoms with Crippen LogP contribution in [0, 0.1) is 0 Å². The molecule has 1 aromatic heterocycles. The number of benzene rings is 2. The van der Waals surface area contributed by atoms with Gasteiger partial charge in [-0.3, -0.25) is 9.59 Å². The van der Waals surface area contributed by atoms with E-state index in [9.17, 15) is 19.8 Å². The van der Waals surface area contributed by atoms with E-state index in [0.29, 0.717) is 29.0 Å². The van der Waals surface area contributed by atoms with Crippen LogP contribution in [0.2, 0.25) is 0 Å². The Labute approximate surface area is 191 Å². The van der Waals surface area contributed by atoms with E-state index < -0.39 is 11.1 Å². The highest BCUT2D eigenvalue weighted by atomic mass is 79.9. The highest BCUT2D eigenvalue weighted by molar-refractivity contribution is 9.11. The third-order valence-electron chi connectivity index (χ3n) is 3.69. The Morgan fingerprint density at radius 2 is 0.929 bits per heavy atom. The van der Waals surface area contributed by atoms with Gasteiger partial charge in [0.05, 0.1) is 17.9 Å². The van der Waals surface area contributed by atoms with E-state index >= 15 is 0 Å². The van der Waals surface area contributed by atoms with E-state index in [1.165, 1.54) is 12.2 Å². The minimum atomic E-state index is -0.483. The predicted octanol–water partition coefficient (Wildman–Crippen LogP) is 3.18. The molecule has 0 spiro atoms. The Morgan fingerprint density at radius 1 is 0.643 bits per heavy atom. The molecule has 1 heterocycles. The van der Waals surface area contributed by atoms with Crippen molar-refractivity contribution in [1.82, 2.24) is 9.97 Å². The average molecular weight is 638 g/mol. The molecule has 0 bridgehead atoms. The second-order valence-corrected chi connectivity index (χ2v) is 9.11. The first kappa shape index (κ1) is 21.1. The number of aromatic nitrogens is 2. The Balaban J connectivity index is 2.15. The molecule has 0 amide bonds. The SMILES string of the molecule is O=c1[nH]/c(=C\c2cc(Br)c(O)c(Br)c2)c(=O)[nH]/c1=C\c1cc(Br)c(O)c(Br)c1. The zero-order valence-corrected chi connectivity index (χ0v) is 20.0. The maximum atomic E-state index is 12.4. The Hall–Kier alpha value is -1.62. The van der Waals surface area contributed by atoms with Crippen molar-refractivity contribution in [3.8, 4) is 11.5 Å². The number of hydrogen-bond acceptors (Lipinski definition) is 4. The standard InChI is InChI=1S/C18H10Br4N2O4/c19-9-1-7(2-10(20)15(9)25)5-13-17(27)24-14(18(28)23-13)6-8-3-11(21)16(26)12(22)4-8/h1-6,25-26H,(H,23,28)(H,24,27)/b13-5-,14-6-. The summed E-state index contributed by atoms with van der Waals surface area (Å²) in [5.41, 5.74) is 0.229. The molecule has 0 fully saturated rings. The number of phenols is 2. The Morgan fingerprint density at radius 3 is 1.21 bits per heavy atom. The van der Waals surface area contributed by atoms with Crippen molar-refractivity contribution < 1.29 is 10.2 Å². The highest BCUT2D eigenvalue weighted by Crippen LogP contribution is 2.34. The van der Waals surface area contributed by atoms with Gasteiger partial charge in [-0.25, -0.2) is 0 Å². The van der Waals surface area contributed by atoms with Crippen LogP contribution in [-0.2, 0) is 0 Å². The van der Waals surface area contributed by atoms with Crippen LogP contribution < -0.4 is 21.8 Å². The molecular formula is C18H10Br4N2O4. The van der Waals surface area contributed by atoms with Gasteiger partial charge < -0.3 is 20.2 Å². The largest absolute Gasteiger partial charge is 0.506 e. The number of rotatable bonds is 2. The minimum Gasteiger partial charge on any atom is -0.506 e. The van der Waals surface area contributed by atoms with E-state index in [2.05, 4.69) is 73.7 Å². The number of aromatic amines is 2. The van der Waals surface area contributed by atoms with Crippen molar-refractivity contribution in [1.29, 1.82) is 0 Å². The fourth-order valence-corrected chi connectivity index (χ4v) is 4.81. The highest BCUT2D eigenvalue weighted by Gasteiger charge is 2.06. The van der Waals surface area contributed by atoms with Gasteiger partial charge in [-0.15, -0.1) is 0 Å². The first-order chi connectivity index (χ1) is 13.2. The number of halogens is 4. The molecule has 0 saturated carbocycles. The van der Waals surface area contributed by atoms with Crippen molar-refractivity contribution in [2.24, 2.45) is 0 Å². The van der Waals surface area contributed by atoms with Crippen LogP contribution in [0.1, 0.15) is 11.1 Å². The lowest BCUT2D eigenvalue weighted by atomic mass is 10.2. The van der Waals surface area contributed by atoms with E-state index in [-0.39, 0.29) is 22.2 Å². The van der Waals surface area contributed by atoms with Gasteiger partial charge in [0.2, 0.25) is 0 Å². The first-order valence-electron chi connectivity index (χ1n) is 7.58. The van der Waals surface area contributed by atoms with Crippen LogP contribution in [-0.4, -0.2) is 20.2 Å². The van der Waals surface area contributed by atoms with Gasteiger partial charge in [-0.2, -0.15) is 0 Å². The lowest BCUT2D eigenvalue weighted by Gasteiger charge is -2.02. The summed E-state index contributed by atoms with van der Waals surface area (Å²) < 4.78 is 1.78. The average Bonchev–Trinajstić information content (AvgIpc) is 2.61. The molecule has 6 nitrogen and oxygen atoms in total. The van der Waals surface area contributed by atoms with Gasteiger partial charge in [0.1, 0.15) is 22.2 Å². The molecule has 0 aliphatic rings.